The minimum Gasteiger partial charge on any atom is -0.484 e. The molecule has 6 nitrogen and oxygen atoms in total. The third-order valence-electron chi connectivity index (χ3n) is 2.57. The van der Waals surface area contributed by atoms with Crippen LogP contribution < -0.4 is 4.74 Å². The fourth-order valence-corrected chi connectivity index (χ4v) is 3.14. The van der Waals surface area contributed by atoms with Crippen molar-refractivity contribution in [2.75, 3.05) is 5.88 Å². The van der Waals surface area contributed by atoms with E-state index in [1.54, 1.807) is 13.8 Å². The SMILES string of the molecule is CC(C)Oc1cc(S(=O)(=O)C(C)CCl)ccc1[N+](=O)[O-]. The molecule has 0 saturated heterocycles. The molecule has 0 N–H and O–H groups in total. The summed E-state index contributed by atoms with van der Waals surface area (Å²) in [5.74, 6) is -0.118. The van der Waals surface area contributed by atoms with E-state index in [1.165, 1.54) is 19.1 Å². The molecule has 20 heavy (non-hydrogen) atoms. The number of halogens is 1. The smallest absolute Gasteiger partial charge is 0.311 e. The zero-order valence-corrected chi connectivity index (χ0v) is 12.9. The Balaban J connectivity index is 3.36. The van der Waals surface area contributed by atoms with Gasteiger partial charge < -0.3 is 4.74 Å². The highest BCUT2D eigenvalue weighted by Crippen LogP contribution is 2.31. The highest BCUT2D eigenvalue weighted by molar-refractivity contribution is 7.92. The maximum atomic E-state index is 12.2. The van der Waals surface area contributed by atoms with Crippen LogP contribution in [0, 0.1) is 10.1 Å². The van der Waals surface area contributed by atoms with Crippen LogP contribution in [0.4, 0.5) is 5.69 Å². The van der Waals surface area contributed by atoms with Crippen molar-refractivity contribution in [2.45, 2.75) is 37.0 Å². The lowest BCUT2D eigenvalue weighted by atomic mass is 10.3. The summed E-state index contributed by atoms with van der Waals surface area (Å²) >= 11 is 5.57. The largest absolute Gasteiger partial charge is 0.484 e. The van der Waals surface area contributed by atoms with Gasteiger partial charge in [0, 0.05) is 18.0 Å². The highest BCUT2D eigenvalue weighted by Gasteiger charge is 2.26. The average molecular weight is 322 g/mol. The molecule has 0 amide bonds. The number of rotatable bonds is 6. The van der Waals surface area contributed by atoms with Crippen LogP contribution >= 0.6 is 11.6 Å². The van der Waals surface area contributed by atoms with Crippen molar-refractivity contribution in [3.63, 3.8) is 0 Å². The van der Waals surface area contributed by atoms with Gasteiger partial charge in [-0.2, -0.15) is 0 Å². The molecule has 0 bridgehead atoms. The van der Waals surface area contributed by atoms with Crippen LogP contribution in [-0.4, -0.2) is 30.6 Å². The number of hydrogen-bond acceptors (Lipinski definition) is 5. The summed E-state index contributed by atoms with van der Waals surface area (Å²) in [5, 5.41) is 10.1. The number of sulfone groups is 1. The lowest BCUT2D eigenvalue weighted by Gasteiger charge is -2.13. The molecule has 112 valence electrons. The van der Waals surface area contributed by atoms with Crippen molar-refractivity contribution >= 4 is 27.1 Å². The fraction of sp³-hybridized carbons (Fsp3) is 0.500. The number of ether oxygens (including phenoxy) is 1. The van der Waals surface area contributed by atoms with Crippen molar-refractivity contribution in [1.29, 1.82) is 0 Å². The fourth-order valence-electron chi connectivity index (χ4n) is 1.49. The summed E-state index contributed by atoms with van der Waals surface area (Å²) in [4.78, 5) is 10.3. The Morgan fingerprint density at radius 1 is 1.35 bits per heavy atom. The Labute approximate surface area is 122 Å². The zero-order valence-electron chi connectivity index (χ0n) is 11.4. The number of nitro groups is 1. The molecular weight excluding hydrogens is 306 g/mol. The second-order valence-electron chi connectivity index (χ2n) is 4.56. The maximum absolute atomic E-state index is 12.2. The average Bonchev–Trinajstić information content (AvgIpc) is 2.36. The first-order valence-corrected chi connectivity index (χ1v) is 8.03. The molecule has 0 aromatic heterocycles. The van der Waals surface area contributed by atoms with Gasteiger partial charge in [0.15, 0.2) is 15.6 Å². The van der Waals surface area contributed by atoms with E-state index in [1.807, 2.05) is 0 Å². The van der Waals surface area contributed by atoms with Gasteiger partial charge in [0.2, 0.25) is 0 Å². The summed E-state index contributed by atoms with van der Waals surface area (Å²) in [6.45, 7) is 4.88. The molecule has 8 heteroatoms. The minimum atomic E-state index is -3.62. The van der Waals surface area contributed by atoms with E-state index in [2.05, 4.69) is 0 Å². The first-order valence-electron chi connectivity index (χ1n) is 5.95. The van der Waals surface area contributed by atoms with Crippen LogP contribution in [0.15, 0.2) is 23.1 Å². The topological polar surface area (TPSA) is 86.5 Å². The van der Waals surface area contributed by atoms with Crippen LogP contribution in [-0.2, 0) is 9.84 Å². The lowest BCUT2D eigenvalue weighted by molar-refractivity contribution is -0.386. The van der Waals surface area contributed by atoms with Crippen molar-refractivity contribution < 1.29 is 18.1 Å². The first-order chi connectivity index (χ1) is 9.20. The van der Waals surface area contributed by atoms with Gasteiger partial charge in [0.1, 0.15) is 0 Å². The van der Waals surface area contributed by atoms with Gasteiger partial charge in [-0.05, 0) is 26.8 Å². The maximum Gasteiger partial charge on any atom is 0.311 e. The van der Waals surface area contributed by atoms with Gasteiger partial charge in [-0.15, -0.1) is 11.6 Å². The molecule has 0 fully saturated rings. The molecule has 0 heterocycles. The van der Waals surface area contributed by atoms with E-state index in [0.717, 1.165) is 6.07 Å². The lowest BCUT2D eigenvalue weighted by Crippen LogP contribution is -2.19. The highest BCUT2D eigenvalue weighted by atomic mass is 35.5. The summed E-state index contributed by atoms with van der Waals surface area (Å²) in [6, 6.07) is 3.51. The number of nitrogens with zero attached hydrogens (tertiary/aromatic N) is 1. The van der Waals surface area contributed by atoms with E-state index in [4.69, 9.17) is 16.3 Å². The number of nitro benzene ring substituents is 1. The Hall–Kier alpha value is -1.34. The molecule has 1 atom stereocenters. The quantitative estimate of drug-likeness (QED) is 0.457. The normalized spacial score (nSPS) is 13.2. The molecular formula is C12H16ClNO5S. The third-order valence-corrected chi connectivity index (χ3v) is 5.35. The molecule has 0 aliphatic rings. The Morgan fingerprint density at radius 3 is 2.40 bits per heavy atom. The summed E-state index contributed by atoms with van der Waals surface area (Å²) in [5.41, 5.74) is -0.267. The number of alkyl halides is 1. The van der Waals surface area contributed by atoms with Crippen LogP contribution in [0.1, 0.15) is 20.8 Å². The predicted molar refractivity (Wildman–Crippen MR) is 76.2 cm³/mol. The van der Waals surface area contributed by atoms with Gasteiger partial charge in [-0.3, -0.25) is 10.1 Å². The number of hydrogen-bond donors (Lipinski definition) is 0. The van der Waals surface area contributed by atoms with Gasteiger partial charge in [0.25, 0.3) is 0 Å². The second-order valence-corrected chi connectivity index (χ2v) is 7.24. The Kier molecular flexibility index (Phi) is 5.35. The molecule has 0 aliphatic carbocycles. The Morgan fingerprint density at radius 2 is 1.95 bits per heavy atom. The van der Waals surface area contributed by atoms with E-state index < -0.39 is 20.0 Å². The molecule has 0 saturated carbocycles. The van der Waals surface area contributed by atoms with Gasteiger partial charge in [-0.25, -0.2) is 8.42 Å². The first kappa shape index (κ1) is 16.7. The van der Waals surface area contributed by atoms with Gasteiger partial charge in [-0.1, -0.05) is 0 Å². The predicted octanol–water partition coefficient (Wildman–Crippen LogP) is 2.78. The molecule has 0 aliphatic heterocycles. The van der Waals surface area contributed by atoms with Crippen molar-refractivity contribution in [3.8, 4) is 5.75 Å². The van der Waals surface area contributed by atoms with Crippen LogP contribution in [0.5, 0.6) is 5.75 Å². The Bertz CT molecular complexity index is 600. The molecule has 1 unspecified atom stereocenters. The van der Waals surface area contributed by atoms with E-state index in [0.29, 0.717) is 0 Å². The summed E-state index contributed by atoms with van der Waals surface area (Å²) in [6.07, 6.45) is -0.308. The second kappa shape index (κ2) is 6.41. The number of benzene rings is 1. The summed E-state index contributed by atoms with van der Waals surface area (Å²) < 4.78 is 29.7. The molecule has 1 aromatic carbocycles. The van der Waals surface area contributed by atoms with E-state index in [9.17, 15) is 18.5 Å². The molecule has 0 spiro atoms. The van der Waals surface area contributed by atoms with Crippen molar-refractivity contribution in [1.82, 2.24) is 0 Å². The molecule has 1 aromatic rings. The van der Waals surface area contributed by atoms with Crippen LogP contribution in [0.25, 0.3) is 0 Å². The van der Waals surface area contributed by atoms with Crippen molar-refractivity contribution in [2.24, 2.45) is 0 Å². The summed E-state index contributed by atoms with van der Waals surface area (Å²) in [7, 11) is -3.62. The van der Waals surface area contributed by atoms with Gasteiger partial charge >= 0.3 is 5.69 Å². The van der Waals surface area contributed by atoms with Crippen LogP contribution in [0.3, 0.4) is 0 Å². The minimum absolute atomic E-state index is 0.0353. The third kappa shape index (κ3) is 3.61. The molecule has 0 radical (unpaired) electrons. The standard InChI is InChI=1S/C12H16ClNO5S/c1-8(2)19-12-6-10(4-5-11(12)14(15)16)20(17,18)9(3)7-13/h4-6,8-9H,7H2,1-3H3. The van der Waals surface area contributed by atoms with Gasteiger partial charge in [0.05, 0.1) is 21.2 Å². The van der Waals surface area contributed by atoms with Crippen LogP contribution in [0.2, 0.25) is 0 Å². The van der Waals surface area contributed by atoms with Crippen molar-refractivity contribution in [3.05, 3.63) is 28.3 Å². The van der Waals surface area contributed by atoms with E-state index >= 15 is 0 Å². The monoisotopic (exact) mass is 321 g/mol. The van der Waals surface area contributed by atoms with E-state index in [-0.39, 0.29) is 28.3 Å². The molecule has 1 rings (SSSR count). The zero-order chi connectivity index (χ0) is 15.5.